The molecule has 0 saturated carbocycles. The van der Waals surface area contributed by atoms with Gasteiger partial charge in [-0.15, -0.1) is 0 Å². The molecule has 0 spiro atoms. The number of fused-ring (bicyclic) bond motifs is 1. The number of aromatic amines is 1. The lowest BCUT2D eigenvalue weighted by atomic mass is 10.1. The van der Waals surface area contributed by atoms with Crippen molar-refractivity contribution in [1.29, 1.82) is 0 Å². The van der Waals surface area contributed by atoms with E-state index < -0.39 is 0 Å². The summed E-state index contributed by atoms with van der Waals surface area (Å²) in [5.74, 6) is 0.189. The molecule has 0 bridgehead atoms. The van der Waals surface area contributed by atoms with Crippen LogP contribution in [0.5, 0.6) is 5.88 Å². The largest absolute Gasteiger partial charge is 0.480 e. The Bertz CT molecular complexity index is 1130. The summed E-state index contributed by atoms with van der Waals surface area (Å²) in [5, 5.41) is 4.32. The monoisotopic (exact) mass is 394 g/mol. The topological polar surface area (TPSA) is 106 Å². The minimum Gasteiger partial charge on any atom is -0.480 e. The summed E-state index contributed by atoms with van der Waals surface area (Å²) in [6.07, 6.45) is 7.46. The third-order valence-electron chi connectivity index (χ3n) is 4.14. The van der Waals surface area contributed by atoms with Crippen molar-refractivity contribution in [2.45, 2.75) is 6.54 Å². The molecule has 3 aromatic heterocycles. The first kappa shape index (κ1) is 17.9. The number of nitrogens with zero attached hydrogens (tertiary/aromatic N) is 4. The van der Waals surface area contributed by atoms with Crippen molar-refractivity contribution in [3.8, 4) is 17.1 Å². The van der Waals surface area contributed by atoms with E-state index in [0.717, 1.165) is 22.2 Å². The maximum atomic E-state index is 12.1. The lowest BCUT2D eigenvalue weighted by Crippen LogP contribution is -2.23. The number of nitrogens with one attached hydrogen (secondary N) is 2. The maximum absolute atomic E-state index is 12.1. The van der Waals surface area contributed by atoms with Gasteiger partial charge in [0.05, 0.1) is 42.3 Å². The molecule has 9 heteroatoms. The number of ether oxygens (including phenoxy) is 1. The van der Waals surface area contributed by atoms with E-state index in [1.54, 1.807) is 12.4 Å². The van der Waals surface area contributed by atoms with Crippen molar-refractivity contribution >= 4 is 28.4 Å². The van der Waals surface area contributed by atoms with Crippen LogP contribution in [0.3, 0.4) is 0 Å². The SMILES string of the molecule is COc1cnc(-c2cc3[nH]c(CNC(=O)c4cncnc4)cc3cc2Cl)cn1. The summed E-state index contributed by atoms with van der Waals surface area (Å²) in [4.78, 5) is 31.6. The van der Waals surface area contributed by atoms with E-state index in [1.807, 2.05) is 18.2 Å². The minimum absolute atomic E-state index is 0.244. The molecule has 0 radical (unpaired) electrons. The van der Waals surface area contributed by atoms with Gasteiger partial charge in [-0.2, -0.15) is 0 Å². The van der Waals surface area contributed by atoms with E-state index in [1.165, 1.54) is 25.8 Å². The molecule has 0 aliphatic carbocycles. The molecule has 0 atom stereocenters. The number of benzene rings is 1. The molecule has 4 aromatic rings. The van der Waals surface area contributed by atoms with Crippen LogP contribution in [-0.4, -0.2) is 37.9 Å². The van der Waals surface area contributed by atoms with Crippen LogP contribution in [0.15, 0.2) is 49.3 Å². The fraction of sp³-hybridized carbons (Fsp3) is 0.105. The van der Waals surface area contributed by atoms with Gasteiger partial charge in [-0.1, -0.05) is 11.6 Å². The first-order valence-corrected chi connectivity index (χ1v) is 8.72. The lowest BCUT2D eigenvalue weighted by molar-refractivity contribution is 0.0949. The van der Waals surface area contributed by atoms with Crippen molar-refractivity contribution in [3.05, 3.63) is 65.6 Å². The van der Waals surface area contributed by atoms with Gasteiger partial charge in [0, 0.05) is 34.6 Å². The standard InChI is InChI=1S/C19H15ClN6O2/c1-28-18-9-23-17(8-24-18)14-4-16-11(3-15(14)20)2-13(26-16)7-25-19(27)12-5-21-10-22-6-12/h2-6,8-10,26H,7H2,1H3,(H,25,27). The lowest BCUT2D eigenvalue weighted by Gasteiger charge is -2.05. The van der Waals surface area contributed by atoms with E-state index in [-0.39, 0.29) is 5.91 Å². The van der Waals surface area contributed by atoms with Gasteiger partial charge >= 0.3 is 0 Å². The highest BCUT2D eigenvalue weighted by Gasteiger charge is 2.11. The Morgan fingerprint density at radius 1 is 1.14 bits per heavy atom. The van der Waals surface area contributed by atoms with E-state index in [0.29, 0.717) is 28.7 Å². The molecular weight excluding hydrogens is 380 g/mol. The van der Waals surface area contributed by atoms with Crippen molar-refractivity contribution in [2.75, 3.05) is 7.11 Å². The van der Waals surface area contributed by atoms with Crippen LogP contribution in [0, 0.1) is 0 Å². The number of hydrogen-bond acceptors (Lipinski definition) is 6. The van der Waals surface area contributed by atoms with E-state index in [9.17, 15) is 4.79 Å². The fourth-order valence-corrected chi connectivity index (χ4v) is 3.03. The van der Waals surface area contributed by atoms with Gasteiger partial charge in [-0.3, -0.25) is 4.79 Å². The van der Waals surface area contributed by atoms with Crippen molar-refractivity contribution < 1.29 is 9.53 Å². The van der Waals surface area contributed by atoms with Gasteiger partial charge in [0.1, 0.15) is 6.33 Å². The molecule has 3 heterocycles. The van der Waals surface area contributed by atoms with E-state index in [4.69, 9.17) is 16.3 Å². The Hall–Kier alpha value is -3.52. The average molecular weight is 395 g/mol. The second kappa shape index (κ2) is 7.61. The van der Waals surface area contributed by atoms with E-state index >= 15 is 0 Å². The molecule has 1 aromatic carbocycles. The second-order valence-corrected chi connectivity index (χ2v) is 6.37. The molecule has 0 aliphatic rings. The molecule has 0 aliphatic heterocycles. The zero-order valence-corrected chi connectivity index (χ0v) is 15.6. The Labute approximate surface area is 165 Å². The molecule has 8 nitrogen and oxygen atoms in total. The number of halogens is 1. The first-order chi connectivity index (χ1) is 13.6. The van der Waals surface area contributed by atoms with Gasteiger partial charge in [-0.05, 0) is 18.2 Å². The summed E-state index contributed by atoms with van der Waals surface area (Å²) in [6.45, 7) is 0.331. The summed E-state index contributed by atoms with van der Waals surface area (Å²) < 4.78 is 5.03. The van der Waals surface area contributed by atoms with Gasteiger partial charge in [0.15, 0.2) is 0 Å². The summed E-state index contributed by atoms with van der Waals surface area (Å²) in [5.41, 5.74) is 3.52. The van der Waals surface area contributed by atoms with Crippen LogP contribution in [0.25, 0.3) is 22.2 Å². The molecule has 28 heavy (non-hydrogen) atoms. The predicted molar refractivity (Wildman–Crippen MR) is 104 cm³/mol. The maximum Gasteiger partial charge on any atom is 0.254 e. The Morgan fingerprint density at radius 2 is 1.96 bits per heavy atom. The number of hydrogen-bond donors (Lipinski definition) is 2. The number of amides is 1. The summed E-state index contributed by atoms with van der Waals surface area (Å²) in [6, 6.07) is 5.70. The van der Waals surface area contributed by atoms with Crippen molar-refractivity contribution in [1.82, 2.24) is 30.2 Å². The van der Waals surface area contributed by atoms with Gasteiger partial charge < -0.3 is 15.0 Å². The number of H-pyrrole nitrogens is 1. The Kier molecular flexibility index (Phi) is 4.86. The third-order valence-corrected chi connectivity index (χ3v) is 4.45. The number of rotatable bonds is 5. The number of carbonyl (C=O) groups excluding carboxylic acids is 1. The highest BCUT2D eigenvalue weighted by Crippen LogP contribution is 2.31. The fourth-order valence-electron chi connectivity index (χ4n) is 2.76. The number of aromatic nitrogens is 5. The van der Waals surface area contributed by atoms with Crippen LogP contribution >= 0.6 is 11.6 Å². The van der Waals surface area contributed by atoms with Gasteiger partial charge in [0.2, 0.25) is 5.88 Å². The zero-order chi connectivity index (χ0) is 19.5. The molecule has 0 fully saturated rings. The number of carbonyl (C=O) groups is 1. The van der Waals surface area contributed by atoms with Crippen LogP contribution in [0.2, 0.25) is 5.02 Å². The Morgan fingerprint density at radius 3 is 2.68 bits per heavy atom. The third kappa shape index (κ3) is 3.63. The summed E-state index contributed by atoms with van der Waals surface area (Å²) in [7, 11) is 1.53. The average Bonchev–Trinajstić information content (AvgIpc) is 3.13. The van der Waals surface area contributed by atoms with Crippen LogP contribution in [0.1, 0.15) is 16.1 Å². The molecule has 0 unspecified atom stereocenters. The van der Waals surface area contributed by atoms with Crippen molar-refractivity contribution in [3.63, 3.8) is 0 Å². The molecule has 140 valence electrons. The number of methoxy groups -OCH3 is 1. The normalized spacial score (nSPS) is 10.8. The molecule has 1 amide bonds. The highest BCUT2D eigenvalue weighted by atomic mass is 35.5. The van der Waals surface area contributed by atoms with Crippen LogP contribution < -0.4 is 10.1 Å². The van der Waals surface area contributed by atoms with E-state index in [2.05, 4.69) is 30.2 Å². The summed E-state index contributed by atoms with van der Waals surface area (Å²) >= 11 is 6.43. The van der Waals surface area contributed by atoms with Crippen LogP contribution in [0.4, 0.5) is 0 Å². The van der Waals surface area contributed by atoms with Crippen molar-refractivity contribution in [2.24, 2.45) is 0 Å². The van der Waals surface area contributed by atoms with Gasteiger partial charge in [-0.25, -0.2) is 19.9 Å². The van der Waals surface area contributed by atoms with Crippen LogP contribution in [-0.2, 0) is 6.54 Å². The smallest absolute Gasteiger partial charge is 0.254 e. The predicted octanol–water partition coefficient (Wildman–Crippen LogP) is 3.01. The Balaban J connectivity index is 1.56. The highest BCUT2D eigenvalue weighted by molar-refractivity contribution is 6.34. The quantitative estimate of drug-likeness (QED) is 0.539. The first-order valence-electron chi connectivity index (χ1n) is 8.35. The second-order valence-electron chi connectivity index (χ2n) is 5.97. The molecular formula is C19H15ClN6O2. The zero-order valence-electron chi connectivity index (χ0n) is 14.8. The molecule has 4 rings (SSSR count). The minimum atomic E-state index is -0.244. The van der Waals surface area contributed by atoms with Gasteiger partial charge in [0.25, 0.3) is 5.91 Å². The molecule has 2 N–H and O–H groups in total. The molecule has 0 saturated heterocycles.